The van der Waals surface area contributed by atoms with Gasteiger partial charge < -0.3 is 15.8 Å². The highest BCUT2D eigenvalue weighted by atomic mass is 16.5. The fourth-order valence-electron chi connectivity index (χ4n) is 2.41. The zero-order chi connectivity index (χ0) is 13.8. The SMILES string of the molecule is Cc1ccc(C(=O)NC(C)C2CCOCC2)cc1N. The van der Waals surface area contributed by atoms with E-state index in [1.54, 1.807) is 6.07 Å². The van der Waals surface area contributed by atoms with E-state index in [-0.39, 0.29) is 11.9 Å². The number of nitrogens with one attached hydrogen (secondary N) is 1. The molecule has 0 spiro atoms. The topological polar surface area (TPSA) is 64.3 Å². The molecular formula is C15H22N2O2. The minimum Gasteiger partial charge on any atom is -0.398 e. The third-order valence-electron chi connectivity index (χ3n) is 3.87. The largest absolute Gasteiger partial charge is 0.398 e. The van der Waals surface area contributed by atoms with Crippen LogP contribution in [0.2, 0.25) is 0 Å². The van der Waals surface area contributed by atoms with Crippen LogP contribution in [0.1, 0.15) is 35.7 Å². The van der Waals surface area contributed by atoms with E-state index in [1.807, 2.05) is 19.1 Å². The number of anilines is 1. The first-order valence-electron chi connectivity index (χ1n) is 6.82. The number of benzene rings is 1. The first-order chi connectivity index (χ1) is 9.08. The lowest BCUT2D eigenvalue weighted by molar-refractivity contribution is 0.0538. The second kappa shape index (κ2) is 6.06. The molecule has 4 heteroatoms. The van der Waals surface area contributed by atoms with Crippen LogP contribution in [-0.4, -0.2) is 25.2 Å². The predicted molar refractivity (Wildman–Crippen MR) is 76.1 cm³/mol. The Bertz CT molecular complexity index is 453. The van der Waals surface area contributed by atoms with E-state index in [9.17, 15) is 4.79 Å². The smallest absolute Gasteiger partial charge is 0.251 e. The molecule has 0 saturated carbocycles. The molecule has 4 nitrogen and oxygen atoms in total. The number of carbonyl (C=O) groups excluding carboxylic acids is 1. The molecule has 1 amide bonds. The maximum Gasteiger partial charge on any atom is 0.251 e. The number of hydrogen-bond donors (Lipinski definition) is 2. The van der Waals surface area contributed by atoms with E-state index >= 15 is 0 Å². The summed E-state index contributed by atoms with van der Waals surface area (Å²) in [6, 6.07) is 5.60. The lowest BCUT2D eigenvalue weighted by Gasteiger charge is -2.28. The van der Waals surface area contributed by atoms with Gasteiger partial charge in [0, 0.05) is 30.5 Å². The van der Waals surface area contributed by atoms with Crippen LogP contribution in [-0.2, 0) is 4.74 Å². The molecule has 0 aliphatic carbocycles. The van der Waals surface area contributed by atoms with Gasteiger partial charge in [0.1, 0.15) is 0 Å². The second-order valence-electron chi connectivity index (χ2n) is 5.28. The third-order valence-corrected chi connectivity index (χ3v) is 3.87. The number of ether oxygens (including phenoxy) is 1. The molecule has 1 fully saturated rings. The summed E-state index contributed by atoms with van der Waals surface area (Å²) in [5, 5.41) is 3.06. The molecule has 1 aromatic carbocycles. The van der Waals surface area contributed by atoms with Crippen LogP contribution in [0.3, 0.4) is 0 Å². The Balaban J connectivity index is 1.97. The lowest BCUT2D eigenvalue weighted by Crippen LogP contribution is -2.40. The van der Waals surface area contributed by atoms with Crippen molar-refractivity contribution in [2.75, 3.05) is 18.9 Å². The molecule has 1 saturated heterocycles. The maximum atomic E-state index is 12.2. The van der Waals surface area contributed by atoms with Crippen LogP contribution in [0.15, 0.2) is 18.2 Å². The molecule has 19 heavy (non-hydrogen) atoms. The van der Waals surface area contributed by atoms with Gasteiger partial charge in [0.05, 0.1) is 0 Å². The first-order valence-corrected chi connectivity index (χ1v) is 6.82. The van der Waals surface area contributed by atoms with Crippen molar-refractivity contribution in [3.8, 4) is 0 Å². The quantitative estimate of drug-likeness (QED) is 0.820. The zero-order valence-electron chi connectivity index (χ0n) is 11.6. The third kappa shape index (κ3) is 3.47. The first kappa shape index (κ1) is 13.9. The highest BCUT2D eigenvalue weighted by Gasteiger charge is 2.22. The van der Waals surface area contributed by atoms with Gasteiger partial charge in [-0.15, -0.1) is 0 Å². The Labute approximate surface area is 114 Å². The van der Waals surface area contributed by atoms with Gasteiger partial charge in [-0.25, -0.2) is 0 Å². The number of nitrogen functional groups attached to an aromatic ring is 1. The summed E-state index contributed by atoms with van der Waals surface area (Å²) in [4.78, 5) is 12.2. The molecular weight excluding hydrogens is 240 g/mol. The van der Waals surface area contributed by atoms with E-state index < -0.39 is 0 Å². The van der Waals surface area contributed by atoms with Crippen molar-refractivity contribution in [3.05, 3.63) is 29.3 Å². The summed E-state index contributed by atoms with van der Waals surface area (Å²) in [6.07, 6.45) is 2.02. The van der Waals surface area contributed by atoms with Crippen molar-refractivity contribution >= 4 is 11.6 Å². The number of hydrogen-bond acceptors (Lipinski definition) is 3. The van der Waals surface area contributed by atoms with Crippen molar-refractivity contribution in [2.45, 2.75) is 32.7 Å². The number of amides is 1. The fraction of sp³-hybridized carbons (Fsp3) is 0.533. The van der Waals surface area contributed by atoms with Gasteiger partial charge >= 0.3 is 0 Å². The Morgan fingerprint density at radius 1 is 1.42 bits per heavy atom. The van der Waals surface area contributed by atoms with Gasteiger partial charge in [0.2, 0.25) is 0 Å². The van der Waals surface area contributed by atoms with Crippen LogP contribution in [0.25, 0.3) is 0 Å². The van der Waals surface area contributed by atoms with E-state index in [2.05, 4.69) is 12.2 Å². The van der Waals surface area contributed by atoms with E-state index in [1.165, 1.54) is 0 Å². The van der Waals surface area contributed by atoms with Crippen LogP contribution in [0.4, 0.5) is 5.69 Å². The second-order valence-corrected chi connectivity index (χ2v) is 5.28. The molecule has 0 aromatic heterocycles. The molecule has 104 valence electrons. The molecule has 2 rings (SSSR count). The molecule has 1 unspecified atom stereocenters. The highest BCUT2D eigenvalue weighted by molar-refractivity contribution is 5.95. The lowest BCUT2D eigenvalue weighted by atomic mass is 9.92. The van der Waals surface area contributed by atoms with Crippen molar-refractivity contribution < 1.29 is 9.53 Å². The van der Waals surface area contributed by atoms with E-state index in [4.69, 9.17) is 10.5 Å². The standard InChI is InChI=1S/C15H22N2O2/c1-10-3-4-13(9-14(10)16)15(18)17-11(2)12-5-7-19-8-6-12/h3-4,9,11-12H,5-8,16H2,1-2H3,(H,17,18). The average molecular weight is 262 g/mol. The summed E-state index contributed by atoms with van der Waals surface area (Å²) in [5.41, 5.74) is 8.12. The van der Waals surface area contributed by atoms with Crippen LogP contribution in [0, 0.1) is 12.8 Å². The maximum absolute atomic E-state index is 12.2. The van der Waals surface area contributed by atoms with Gasteiger partial charge in [-0.3, -0.25) is 4.79 Å². The van der Waals surface area contributed by atoms with Gasteiger partial charge in [0.25, 0.3) is 5.91 Å². The summed E-state index contributed by atoms with van der Waals surface area (Å²) in [6.45, 7) is 5.58. The molecule has 3 N–H and O–H groups in total. The van der Waals surface area contributed by atoms with E-state index in [0.29, 0.717) is 17.2 Å². The van der Waals surface area contributed by atoms with Gasteiger partial charge in [0.15, 0.2) is 0 Å². The van der Waals surface area contributed by atoms with Gasteiger partial charge in [-0.2, -0.15) is 0 Å². The van der Waals surface area contributed by atoms with Gasteiger partial charge in [-0.1, -0.05) is 6.07 Å². The summed E-state index contributed by atoms with van der Waals surface area (Å²) in [5.74, 6) is 0.450. The normalized spacial score (nSPS) is 18.0. The van der Waals surface area contributed by atoms with Crippen molar-refractivity contribution in [3.63, 3.8) is 0 Å². The average Bonchev–Trinajstić information content (AvgIpc) is 2.42. The molecule has 0 radical (unpaired) electrons. The number of nitrogens with two attached hydrogens (primary N) is 1. The van der Waals surface area contributed by atoms with E-state index in [0.717, 1.165) is 31.6 Å². The van der Waals surface area contributed by atoms with Crippen LogP contribution < -0.4 is 11.1 Å². The Morgan fingerprint density at radius 2 is 2.11 bits per heavy atom. The van der Waals surface area contributed by atoms with Crippen molar-refractivity contribution in [1.29, 1.82) is 0 Å². The number of aryl methyl sites for hydroxylation is 1. The number of rotatable bonds is 3. The predicted octanol–water partition coefficient (Wildman–Crippen LogP) is 2.12. The minimum atomic E-state index is -0.0503. The van der Waals surface area contributed by atoms with Crippen molar-refractivity contribution in [2.24, 2.45) is 5.92 Å². The van der Waals surface area contributed by atoms with Gasteiger partial charge in [-0.05, 0) is 50.3 Å². The Morgan fingerprint density at radius 3 is 2.74 bits per heavy atom. The summed E-state index contributed by atoms with van der Waals surface area (Å²) in [7, 11) is 0. The highest BCUT2D eigenvalue weighted by Crippen LogP contribution is 2.19. The van der Waals surface area contributed by atoms with Crippen LogP contribution >= 0.6 is 0 Å². The zero-order valence-corrected chi connectivity index (χ0v) is 11.6. The van der Waals surface area contributed by atoms with Crippen LogP contribution in [0.5, 0.6) is 0 Å². The molecule has 1 aliphatic rings. The van der Waals surface area contributed by atoms with Crippen molar-refractivity contribution in [1.82, 2.24) is 5.32 Å². The summed E-state index contributed by atoms with van der Waals surface area (Å²) < 4.78 is 5.34. The minimum absolute atomic E-state index is 0.0503. The summed E-state index contributed by atoms with van der Waals surface area (Å²) >= 11 is 0. The molecule has 1 atom stereocenters. The Hall–Kier alpha value is -1.55. The molecule has 1 aliphatic heterocycles. The molecule has 1 aromatic rings. The molecule has 1 heterocycles. The molecule has 0 bridgehead atoms. The fourth-order valence-corrected chi connectivity index (χ4v) is 2.41. The number of carbonyl (C=O) groups is 1. The Kier molecular flexibility index (Phi) is 4.43. The monoisotopic (exact) mass is 262 g/mol.